The van der Waals surface area contributed by atoms with E-state index in [1.165, 1.54) is 0 Å². The molecule has 1 amide bonds. The van der Waals surface area contributed by atoms with Crippen molar-refractivity contribution < 1.29 is 9.90 Å². The van der Waals surface area contributed by atoms with Gasteiger partial charge in [0.2, 0.25) is 5.91 Å². The van der Waals surface area contributed by atoms with Crippen LogP contribution in [0.2, 0.25) is 0 Å². The van der Waals surface area contributed by atoms with Gasteiger partial charge in [-0.1, -0.05) is 6.42 Å². The molecule has 3 unspecified atom stereocenters. The fourth-order valence-corrected chi connectivity index (χ4v) is 2.36. The third-order valence-electron chi connectivity index (χ3n) is 3.74. The molecular formula is C12H24N2O2. The van der Waals surface area contributed by atoms with Crippen LogP contribution in [0.25, 0.3) is 0 Å². The largest absolute Gasteiger partial charge is 0.394 e. The van der Waals surface area contributed by atoms with Crippen LogP contribution in [0.15, 0.2) is 0 Å². The SMILES string of the molecule is CC(CO)N(C)C(=O)C1CCCC(CN)C1. The summed E-state index contributed by atoms with van der Waals surface area (Å²) in [4.78, 5) is 13.8. The highest BCUT2D eigenvalue weighted by Gasteiger charge is 2.29. The number of aliphatic hydroxyl groups excluding tert-OH is 1. The first-order chi connectivity index (χ1) is 7.60. The quantitative estimate of drug-likeness (QED) is 0.740. The molecule has 3 N–H and O–H groups in total. The van der Waals surface area contributed by atoms with Gasteiger partial charge in [-0.2, -0.15) is 0 Å². The first-order valence-corrected chi connectivity index (χ1v) is 6.17. The molecule has 0 aromatic carbocycles. The summed E-state index contributed by atoms with van der Waals surface area (Å²) in [7, 11) is 1.77. The van der Waals surface area contributed by atoms with Gasteiger partial charge in [0, 0.05) is 13.0 Å². The second-order valence-electron chi connectivity index (χ2n) is 4.95. The van der Waals surface area contributed by atoms with Crippen LogP contribution in [0, 0.1) is 11.8 Å². The molecule has 0 spiro atoms. The third-order valence-corrected chi connectivity index (χ3v) is 3.74. The van der Waals surface area contributed by atoms with Crippen molar-refractivity contribution in [2.75, 3.05) is 20.2 Å². The molecule has 1 aliphatic carbocycles. The van der Waals surface area contributed by atoms with Gasteiger partial charge in [0.05, 0.1) is 12.6 Å². The second kappa shape index (κ2) is 6.21. The molecule has 0 bridgehead atoms. The number of aliphatic hydroxyl groups is 1. The van der Waals surface area contributed by atoms with E-state index in [9.17, 15) is 4.79 Å². The molecule has 0 heterocycles. The second-order valence-corrected chi connectivity index (χ2v) is 4.95. The minimum atomic E-state index is -0.0919. The number of rotatable bonds is 4. The van der Waals surface area contributed by atoms with Crippen LogP contribution in [-0.2, 0) is 4.79 Å². The van der Waals surface area contributed by atoms with Crippen LogP contribution in [0.4, 0.5) is 0 Å². The van der Waals surface area contributed by atoms with Gasteiger partial charge in [-0.25, -0.2) is 0 Å². The van der Waals surface area contributed by atoms with Gasteiger partial charge in [-0.15, -0.1) is 0 Å². The van der Waals surface area contributed by atoms with Crippen molar-refractivity contribution in [1.29, 1.82) is 0 Å². The zero-order valence-corrected chi connectivity index (χ0v) is 10.4. The zero-order chi connectivity index (χ0) is 12.1. The van der Waals surface area contributed by atoms with Gasteiger partial charge in [0.1, 0.15) is 0 Å². The van der Waals surface area contributed by atoms with Crippen molar-refractivity contribution in [3.63, 3.8) is 0 Å². The first-order valence-electron chi connectivity index (χ1n) is 6.17. The van der Waals surface area contributed by atoms with E-state index >= 15 is 0 Å². The predicted molar refractivity (Wildman–Crippen MR) is 63.8 cm³/mol. The number of carbonyl (C=O) groups is 1. The lowest BCUT2D eigenvalue weighted by Crippen LogP contribution is -2.42. The molecule has 0 aliphatic heterocycles. The Morgan fingerprint density at radius 2 is 2.25 bits per heavy atom. The molecule has 1 saturated carbocycles. The van der Waals surface area contributed by atoms with Crippen LogP contribution < -0.4 is 5.73 Å². The maximum atomic E-state index is 12.1. The van der Waals surface area contributed by atoms with E-state index in [1.807, 2.05) is 6.92 Å². The van der Waals surface area contributed by atoms with Crippen molar-refractivity contribution in [2.24, 2.45) is 17.6 Å². The number of carbonyl (C=O) groups excluding carboxylic acids is 1. The Bertz CT molecular complexity index is 233. The molecule has 3 atom stereocenters. The van der Waals surface area contributed by atoms with Gasteiger partial charge in [0.25, 0.3) is 0 Å². The monoisotopic (exact) mass is 228 g/mol. The van der Waals surface area contributed by atoms with Crippen LogP contribution >= 0.6 is 0 Å². The van der Waals surface area contributed by atoms with Gasteiger partial charge in [-0.05, 0) is 38.6 Å². The van der Waals surface area contributed by atoms with E-state index in [0.717, 1.165) is 25.7 Å². The van der Waals surface area contributed by atoms with E-state index in [-0.39, 0.29) is 24.5 Å². The molecule has 4 nitrogen and oxygen atoms in total. The molecule has 4 heteroatoms. The lowest BCUT2D eigenvalue weighted by molar-refractivity contribution is -0.138. The van der Waals surface area contributed by atoms with Gasteiger partial charge in [-0.3, -0.25) is 4.79 Å². The Labute approximate surface area is 97.8 Å². The molecular weight excluding hydrogens is 204 g/mol. The number of hydrogen-bond acceptors (Lipinski definition) is 3. The zero-order valence-electron chi connectivity index (χ0n) is 10.4. The minimum absolute atomic E-state index is 0.0231. The Hall–Kier alpha value is -0.610. The number of amides is 1. The van der Waals surface area contributed by atoms with Crippen LogP contribution in [0.5, 0.6) is 0 Å². The van der Waals surface area contributed by atoms with E-state index in [4.69, 9.17) is 10.8 Å². The first kappa shape index (κ1) is 13.5. The molecule has 0 aromatic rings. The fourth-order valence-electron chi connectivity index (χ4n) is 2.36. The Balaban J connectivity index is 2.52. The van der Waals surface area contributed by atoms with Crippen molar-refractivity contribution in [3.8, 4) is 0 Å². The number of nitrogens with zero attached hydrogens (tertiary/aromatic N) is 1. The smallest absolute Gasteiger partial charge is 0.225 e. The average Bonchev–Trinajstić information content (AvgIpc) is 2.36. The highest BCUT2D eigenvalue weighted by molar-refractivity contribution is 5.79. The van der Waals surface area contributed by atoms with Crippen LogP contribution in [0.1, 0.15) is 32.6 Å². The van der Waals surface area contributed by atoms with Gasteiger partial charge in [0.15, 0.2) is 0 Å². The van der Waals surface area contributed by atoms with Gasteiger partial charge < -0.3 is 15.7 Å². The van der Waals surface area contributed by atoms with Crippen molar-refractivity contribution in [1.82, 2.24) is 4.90 Å². The van der Waals surface area contributed by atoms with E-state index in [2.05, 4.69) is 0 Å². The van der Waals surface area contributed by atoms with Crippen LogP contribution in [0.3, 0.4) is 0 Å². The van der Waals surface area contributed by atoms with E-state index in [1.54, 1.807) is 11.9 Å². The van der Waals surface area contributed by atoms with Crippen molar-refractivity contribution in [2.45, 2.75) is 38.6 Å². The summed E-state index contributed by atoms with van der Waals surface area (Å²) in [5.41, 5.74) is 5.66. The van der Waals surface area contributed by atoms with Crippen molar-refractivity contribution in [3.05, 3.63) is 0 Å². The number of hydrogen-bond donors (Lipinski definition) is 2. The highest BCUT2D eigenvalue weighted by atomic mass is 16.3. The van der Waals surface area contributed by atoms with Crippen molar-refractivity contribution >= 4 is 5.91 Å². The summed E-state index contributed by atoms with van der Waals surface area (Å²) in [6.45, 7) is 2.57. The maximum Gasteiger partial charge on any atom is 0.225 e. The van der Waals surface area contributed by atoms with E-state index in [0.29, 0.717) is 12.5 Å². The number of likely N-dealkylation sites (N-methyl/N-ethyl adjacent to an activating group) is 1. The summed E-state index contributed by atoms with van der Waals surface area (Å²) < 4.78 is 0. The molecule has 0 saturated heterocycles. The van der Waals surface area contributed by atoms with Gasteiger partial charge >= 0.3 is 0 Å². The maximum absolute atomic E-state index is 12.1. The van der Waals surface area contributed by atoms with Crippen LogP contribution in [-0.4, -0.2) is 42.2 Å². The fraction of sp³-hybridized carbons (Fsp3) is 0.917. The molecule has 0 radical (unpaired) electrons. The summed E-state index contributed by atoms with van der Waals surface area (Å²) in [6.07, 6.45) is 4.13. The van der Waals surface area contributed by atoms with E-state index < -0.39 is 0 Å². The number of nitrogens with two attached hydrogens (primary N) is 1. The molecule has 1 rings (SSSR count). The molecule has 1 aliphatic rings. The normalized spacial score (nSPS) is 27.5. The lowest BCUT2D eigenvalue weighted by Gasteiger charge is -2.32. The third kappa shape index (κ3) is 3.19. The summed E-state index contributed by atoms with van der Waals surface area (Å²) in [6, 6.07) is -0.0919. The lowest BCUT2D eigenvalue weighted by atomic mass is 9.80. The highest BCUT2D eigenvalue weighted by Crippen LogP contribution is 2.29. The molecule has 0 aromatic heterocycles. The minimum Gasteiger partial charge on any atom is -0.394 e. The molecule has 94 valence electrons. The Kier molecular flexibility index (Phi) is 5.22. The standard InChI is InChI=1S/C12H24N2O2/c1-9(8-15)14(2)12(16)11-5-3-4-10(6-11)7-13/h9-11,15H,3-8,13H2,1-2H3. The summed E-state index contributed by atoms with van der Waals surface area (Å²) in [5, 5.41) is 9.04. The summed E-state index contributed by atoms with van der Waals surface area (Å²) >= 11 is 0. The Morgan fingerprint density at radius 3 is 2.81 bits per heavy atom. The molecule has 16 heavy (non-hydrogen) atoms. The topological polar surface area (TPSA) is 66.6 Å². The predicted octanol–water partition coefficient (Wildman–Crippen LogP) is 0.591. The average molecular weight is 228 g/mol. The summed E-state index contributed by atoms with van der Waals surface area (Å²) in [5.74, 6) is 0.779. The molecule has 1 fully saturated rings. The Morgan fingerprint density at radius 1 is 1.56 bits per heavy atom.